The minimum absolute atomic E-state index is 0.0000293. The first kappa shape index (κ1) is 26.2. The van der Waals surface area contributed by atoms with E-state index in [9.17, 15) is 32.3 Å². The summed E-state index contributed by atoms with van der Waals surface area (Å²) < 4.78 is 44.7. The van der Waals surface area contributed by atoms with Gasteiger partial charge in [-0.2, -0.15) is 13.2 Å². The molecule has 0 unspecified atom stereocenters. The largest absolute Gasteiger partial charge is 0.443 e. The Hall–Kier alpha value is -2.82. The Bertz CT molecular complexity index is 1130. The van der Waals surface area contributed by atoms with E-state index in [2.05, 4.69) is 5.32 Å². The summed E-state index contributed by atoms with van der Waals surface area (Å²) in [7, 11) is 0. The minimum atomic E-state index is -4.60. The maximum atomic E-state index is 13.3. The number of urea groups is 1. The van der Waals surface area contributed by atoms with Crippen molar-refractivity contribution in [3.63, 3.8) is 0 Å². The van der Waals surface area contributed by atoms with E-state index in [-0.39, 0.29) is 37.8 Å². The molecule has 4 amide bonds. The molecule has 0 radical (unpaired) electrons. The maximum absolute atomic E-state index is 13.3. The van der Waals surface area contributed by atoms with Gasteiger partial charge in [0.2, 0.25) is 5.91 Å². The van der Waals surface area contributed by atoms with Gasteiger partial charge in [-0.25, -0.2) is 9.69 Å². The molecule has 1 aromatic carbocycles. The van der Waals surface area contributed by atoms with E-state index in [1.54, 1.807) is 20.8 Å². The van der Waals surface area contributed by atoms with Gasteiger partial charge >= 0.3 is 18.2 Å². The van der Waals surface area contributed by atoms with E-state index in [4.69, 9.17) is 16.3 Å². The summed E-state index contributed by atoms with van der Waals surface area (Å²) in [5, 5.41) is 2.30. The van der Waals surface area contributed by atoms with Crippen LogP contribution in [0.2, 0.25) is 5.02 Å². The van der Waals surface area contributed by atoms with Crippen molar-refractivity contribution in [2.75, 3.05) is 6.73 Å². The number of alkyl halides is 3. The zero-order chi connectivity index (χ0) is 26.6. The first-order valence-electron chi connectivity index (χ1n) is 11.6. The van der Waals surface area contributed by atoms with Gasteiger partial charge in [-0.3, -0.25) is 14.4 Å². The van der Waals surface area contributed by atoms with E-state index >= 15 is 0 Å². The molecule has 0 aromatic heterocycles. The summed E-state index contributed by atoms with van der Waals surface area (Å²) in [6.07, 6.45) is -3.26. The fourth-order valence-electron chi connectivity index (χ4n) is 4.60. The topological polar surface area (TPSA) is 96.0 Å². The van der Waals surface area contributed by atoms with Gasteiger partial charge in [0.05, 0.1) is 16.0 Å². The molecule has 2 fully saturated rings. The van der Waals surface area contributed by atoms with Crippen molar-refractivity contribution in [3.05, 3.63) is 33.8 Å². The average Bonchev–Trinajstić information content (AvgIpc) is 3.49. The second kappa shape index (κ2) is 8.93. The number of halogens is 4. The molecule has 2 aliphatic heterocycles. The van der Waals surface area contributed by atoms with Gasteiger partial charge < -0.3 is 15.0 Å². The summed E-state index contributed by atoms with van der Waals surface area (Å²) in [6.45, 7) is 4.53. The molecular weight excluding hydrogens is 503 g/mol. The fraction of sp³-hybridized carbons (Fsp3) is 0.583. The van der Waals surface area contributed by atoms with Crippen molar-refractivity contribution in [2.24, 2.45) is 11.3 Å². The number of hydrogen-bond acceptors (Lipinski definition) is 5. The molecule has 4 rings (SSSR count). The molecule has 2 heterocycles. The molecular formula is C24H27ClF3N3O5. The highest BCUT2D eigenvalue weighted by molar-refractivity contribution is 6.31. The van der Waals surface area contributed by atoms with Gasteiger partial charge in [-0.15, -0.1) is 0 Å². The molecule has 12 heteroatoms. The first-order valence-corrected chi connectivity index (χ1v) is 12.0. The third-order valence-corrected chi connectivity index (χ3v) is 7.13. The predicted molar refractivity (Wildman–Crippen MR) is 121 cm³/mol. The minimum Gasteiger partial charge on any atom is -0.443 e. The Kier molecular flexibility index (Phi) is 6.51. The zero-order valence-electron chi connectivity index (χ0n) is 20.1. The molecule has 36 heavy (non-hydrogen) atoms. The third-order valence-electron chi connectivity index (χ3n) is 6.82. The fourth-order valence-corrected chi connectivity index (χ4v) is 4.90. The molecule has 1 N–H and O–H groups in total. The lowest BCUT2D eigenvalue weighted by Gasteiger charge is -2.27. The quantitative estimate of drug-likeness (QED) is 0.439. The van der Waals surface area contributed by atoms with Crippen molar-refractivity contribution in [1.29, 1.82) is 0 Å². The number of benzene rings is 1. The number of carbonyl (C=O) groups is 4. The van der Waals surface area contributed by atoms with Gasteiger partial charge in [0.1, 0.15) is 5.54 Å². The molecule has 1 saturated heterocycles. The van der Waals surface area contributed by atoms with Crippen LogP contribution in [0.15, 0.2) is 12.1 Å². The van der Waals surface area contributed by atoms with Gasteiger partial charge in [0.15, 0.2) is 6.73 Å². The monoisotopic (exact) mass is 529 g/mol. The summed E-state index contributed by atoms with van der Waals surface area (Å²) in [5.41, 5.74) is -2.13. The highest BCUT2D eigenvalue weighted by Crippen LogP contribution is 2.46. The second-order valence-corrected chi connectivity index (χ2v) is 11.0. The molecule has 0 spiro atoms. The van der Waals surface area contributed by atoms with E-state index in [1.165, 1.54) is 11.0 Å². The molecule has 3 aliphatic rings. The van der Waals surface area contributed by atoms with Crippen LogP contribution in [0, 0.1) is 11.3 Å². The standard InChI is InChI=1S/C24H27ClF3N3O5/c1-22(2,3)20(34)36-12-31-19(33)23(15-4-5-15,29-21(31)35)7-6-18(32)30-10-13-8-16(24(26,27)28)17(25)9-14(13)11-30/h8-9,15H,4-7,10-12H2,1-3H3,(H,29,35)/t23-/m0/s1. The highest BCUT2D eigenvalue weighted by atomic mass is 35.5. The van der Waals surface area contributed by atoms with Crippen LogP contribution < -0.4 is 5.32 Å². The van der Waals surface area contributed by atoms with Crippen LogP contribution in [0.3, 0.4) is 0 Å². The molecule has 1 saturated carbocycles. The zero-order valence-corrected chi connectivity index (χ0v) is 20.9. The first-order chi connectivity index (χ1) is 16.6. The van der Waals surface area contributed by atoms with Gasteiger partial charge in [0, 0.05) is 19.5 Å². The number of hydrogen-bond donors (Lipinski definition) is 1. The number of ether oxygens (including phenoxy) is 1. The van der Waals surface area contributed by atoms with Crippen LogP contribution in [-0.4, -0.2) is 45.9 Å². The van der Waals surface area contributed by atoms with Crippen LogP contribution in [0.4, 0.5) is 18.0 Å². The molecule has 196 valence electrons. The predicted octanol–water partition coefficient (Wildman–Crippen LogP) is 4.23. The van der Waals surface area contributed by atoms with Crippen molar-refractivity contribution in [2.45, 2.75) is 71.3 Å². The molecule has 1 aromatic rings. The van der Waals surface area contributed by atoms with Crippen molar-refractivity contribution >= 4 is 35.4 Å². The Morgan fingerprint density at radius 3 is 2.31 bits per heavy atom. The Labute approximate surface area is 211 Å². The third kappa shape index (κ3) is 4.89. The smallest absolute Gasteiger partial charge is 0.417 e. The number of esters is 1. The lowest BCUT2D eigenvalue weighted by atomic mass is 9.87. The maximum Gasteiger partial charge on any atom is 0.417 e. The summed E-state index contributed by atoms with van der Waals surface area (Å²) in [5.74, 6) is -1.61. The van der Waals surface area contributed by atoms with Crippen LogP contribution in [0.25, 0.3) is 0 Å². The van der Waals surface area contributed by atoms with Crippen LogP contribution in [-0.2, 0) is 38.4 Å². The SMILES string of the molecule is CC(C)(C)C(=O)OCN1C(=O)N[C@@](CCC(=O)N2Cc3cc(Cl)c(C(F)(F)F)cc3C2)(C2CC2)C1=O. The van der Waals surface area contributed by atoms with E-state index in [1.807, 2.05) is 0 Å². The van der Waals surface area contributed by atoms with Gasteiger partial charge in [-0.05, 0) is 69.2 Å². The highest BCUT2D eigenvalue weighted by Gasteiger charge is 2.59. The van der Waals surface area contributed by atoms with E-state index < -0.39 is 52.4 Å². The number of nitrogens with zero attached hydrogens (tertiary/aromatic N) is 2. The van der Waals surface area contributed by atoms with E-state index in [0.29, 0.717) is 24.0 Å². The normalized spacial score (nSPS) is 22.1. The molecule has 0 bridgehead atoms. The molecule has 1 atom stereocenters. The number of imide groups is 1. The molecule has 1 aliphatic carbocycles. The lowest BCUT2D eigenvalue weighted by Crippen LogP contribution is -2.50. The van der Waals surface area contributed by atoms with Crippen molar-refractivity contribution in [3.8, 4) is 0 Å². The van der Waals surface area contributed by atoms with Crippen molar-refractivity contribution in [1.82, 2.24) is 15.1 Å². The summed E-state index contributed by atoms with van der Waals surface area (Å²) in [6, 6.07) is 1.51. The summed E-state index contributed by atoms with van der Waals surface area (Å²) in [4.78, 5) is 53.2. The molecule has 8 nitrogen and oxygen atoms in total. The Morgan fingerprint density at radius 1 is 1.14 bits per heavy atom. The number of rotatable bonds is 6. The van der Waals surface area contributed by atoms with Gasteiger partial charge in [-0.1, -0.05) is 11.6 Å². The Balaban J connectivity index is 1.42. The number of nitrogens with one attached hydrogen (secondary N) is 1. The van der Waals surface area contributed by atoms with E-state index in [0.717, 1.165) is 11.0 Å². The van der Waals surface area contributed by atoms with Crippen LogP contribution in [0.5, 0.6) is 0 Å². The van der Waals surface area contributed by atoms with Crippen LogP contribution in [0.1, 0.15) is 63.1 Å². The average molecular weight is 530 g/mol. The number of carbonyl (C=O) groups excluding carboxylic acids is 4. The second-order valence-electron chi connectivity index (χ2n) is 10.6. The number of amides is 4. The number of fused-ring (bicyclic) bond motifs is 1. The van der Waals surface area contributed by atoms with Crippen molar-refractivity contribution < 1.29 is 37.1 Å². The van der Waals surface area contributed by atoms with Crippen LogP contribution >= 0.6 is 11.6 Å². The van der Waals surface area contributed by atoms with Gasteiger partial charge in [0.25, 0.3) is 5.91 Å². The lowest BCUT2D eigenvalue weighted by molar-refractivity contribution is -0.158. The summed E-state index contributed by atoms with van der Waals surface area (Å²) >= 11 is 5.80. The Morgan fingerprint density at radius 2 is 1.75 bits per heavy atom.